The van der Waals surface area contributed by atoms with E-state index in [2.05, 4.69) is 0 Å². The molecule has 0 saturated carbocycles. The molecular weight excluding hydrogens is 418 g/mol. The number of pyridine rings is 1. The number of rotatable bonds is 5. The summed E-state index contributed by atoms with van der Waals surface area (Å²) in [6, 6.07) is 4.34. The molecule has 0 spiro atoms. The van der Waals surface area contributed by atoms with Crippen LogP contribution in [0, 0.1) is 5.82 Å². The zero-order valence-electron chi connectivity index (χ0n) is 15.0. The van der Waals surface area contributed by atoms with Crippen molar-refractivity contribution in [2.45, 2.75) is 19.0 Å². The molecule has 0 saturated heterocycles. The number of furan rings is 1. The van der Waals surface area contributed by atoms with Gasteiger partial charge in [0.15, 0.2) is 5.58 Å². The molecule has 3 rings (SSSR count). The number of thioether (sulfide) groups is 1. The molecule has 0 bridgehead atoms. The predicted molar refractivity (Wildman–Crippen MR) is 104 cm³/mol. The lowest BCUT2D eigenvalue weighted by molar-refractivity contribution is -0.143. The Balaban J connectivity index is 2.20. The van der Waals surface area contributed by atoms with Crippen molar-refractivity contribution in [3.63, 3.8) is 0 Å². The molecule has 1 aromatic carbocycles. The maximum absolute atomic E-state index is 14.7. The molecule has 0 atom stereocenters. The van der Waals surface area contributed by atoms with Crippen LogP contribution in [-0.2, 0) is 19.6 Å². The molecule has 0 amide bonds. The summed E-state index contributed by atoms with van der Waals surface area (Å²) in [6.45, 7) is 0. The highest BCUT2D eigenvalue weighted by atomic mass is 35.5. The minimum Gasteiger partial charge on any atom is -0.459 e. The minimum absolute atomic E-state index is 0.0381. The molecule has 0 radical (unpaired) electrons. The van der Waals surface area contributed by atoms with E-state index < -0.39 is 23.2 Å². The fraction of sp³-hybridized carbons (Fsp3) is 0.316. The summed E-state index contributed by atoms with van der Waals surface area (Å²) in [5.74, 6) is 0.679. The van der Waals surface area contributed by atoms with Gasteiger partial charge in [-0.15, -0.1) is 0 Å². The smallest absolute Gasteiger partial charge is 0.431 e. The van der Waals surface area contributed by atoms with E-state index in [0.717, 1.165) is 37.4 Å². The van der Waals surface area contributed by atoms with E-state index >= 15 is 0 Å². The van der Waals surface area contributed by atoms with E-state index in [9.17, 15) is 22.4 Å². The van der Waals surface area contributed by atoms with Gasteiger partial charge in [-0.25, -0.2) is 4.39 Å². The molecule has 0 aliphatic rings. The van der Waals surface area contributed by atoms with Gasteiger partial charge >= 0.3 is 6.18 Å². The van der Waals surface area contributed by atoms with Gasteiger partial charge in [-0.2, -0.15) is 24.9 Å². The molecule has 0 N–H and O–H groups in total. The number of aryl methyl sites for hydroxylation is 1. The number of halogens is 5. The molecule has 0 aliphatic carbocycles. The molecular formula is C19H16ClF4NO2S. The van der Waals surface area contributed by atoms with Crippen molar-refractivity contribution < 1.29 is 22.0 Å². The van der Waals surface area contributed by atoms with Crippen molar-refractivity contribution in [2.24, 2.45) is 7.05 Å². The second-order valence-corrected chi connectivity index (χ2v) is 7.65. The van der Waals surface area contributed by atoms with E-state index in [-0.39, 0.29) is 27.1 Å². The number of aromatic nitrogens is 1. The summed E-state index contributed by atoms with van der Waals surface area (Å²) in [7, 11) is 1.00. The van der Waals surface area contributed by atoms with Gasteiger partial charge < -0.3 is 8.98 Å². The summed E-state index contributed by atoms with van der Waals surface area (Å²) in [6.07, 6.45) is -1.29. The highest BCUT2D eigenvalue weighted by Gasteiger charge is 2.34. The molecule has 3 aromatic rings. The van der Waals surface area contributed by atoms with Crippen LogP contribution in [0.25, 0.3) is 22.1 Å². The lowest BCUT2D eigenvalue weighted by atomic mass is 10.0. The lowest BCUT2D eigenvalue weighted by Gasteiger charge is -2.13. The van der Waals surface area contributed by atoms with Crippen LogP contribution in [-0.4, -0.2) is 16.6 Å². The molecule has 9 heteroatoms. The Morgan fingerprint density at radius 3 is 2.61 bits per heavy atom. The average Bonchev–Trinajstić information content (AvgIpc) is 3.02. The van der Waals surface area contributed by atoms with Gasteiger partial charge in [0.1, 0.15) is 17.3 Å². The van der Waals surface area contributed by atoms with E-state index in [1.165, 1.54) is 0 Å². The van der Waals surface area contributed by atoms with Crippen LogP contribution in [0.5, 0.6) is 0 Å². The van der Waals surface area contributed by atoms with Crippen LogP contribution in [0.3, 0.4) is 0 Å². The fourth-order valence-corrected chi connectivity index (χ4v) is 3.75. The highest BCUT2D eigenvalue weighted by Crippen LogP contribution is 2.37. The summed E-state index contributed by atoms with van der Waals surface area (Å²) in [4.78, 5) is 12.6. The van der Waals surface area contributed by atoms with Crippen LogP contribution in [0.15, 0.2) is 33.5 Å². The van der Waals surface area contributed by atoms with Crippen LogP contribution >= 0.6 is 23.4 Å². The second kappa shape index (κ2) is 7.83. The number of fused-ring (bicyclic) bond motifs is 1. The third kappa shape index (κ3) is 3.80. The Hall–Kier alpha value is -1.93. The molecule has 0 unspecified atom stereocenters. The zero-order chi connectivity index (χ0) is 20.6. The van der Waals surface area contributed by atoms with Crippen LogP contribution in [0.4, 0.5) is 17.6 Å². The van der Waals surface area contributed by atoms with E-state index in [0.29, 0.717) is 16.7 Å². The first-order chi connectivity index (χ1) is 13.1. The first-order valence-corrected chi connectivity index (χ1v) is 10.1. The van der Waals surface area contributed by atoms with Gasteiger partial charge in [0.2, 0.25) is 0 Å². The van der Waals surface area contributed by atoms with Crippen molar-refractivity contribution >= 4 is 34.3 Å². The third-order valence-corrected chi connectivity index (χ3v) is 5.37. The van der Waals surface area contributed by atoms with E-state index in [1.54, 1.807) is 17.8 Å². The molecule has 2 aromatic heterocycles. The monoisotopic (exact) mass is 433 g/mol. The van der Waals surface area contributed by atoms with Crippen molar-refractivity contribution in [1.82, 2.24) is 4.57 Å². The van der Waals surface area contributed by atoms with Gasteiger partial charge in [0.25, 0.3) is 5.56 Å². The Kier molecular flexibility index (Phi) is 5.82. The number of hydrogen-bond donors (Lipinski definition) is 0. The Morgan fingerprint density at radius 2 is 1.96 bits per heavy atom. The van der Waals surface area contributed by atoms with Crippen molar-refractivity contribution in [1.29, 1.82) is 0 Å². The Bertz CT molecular complexity index is 1090. The average molecular weight is 434 g/mol. The largest absolute Gasteiger partial charge is 0.459 e. The molecule has 3 nitrogen and oxygen atoms in total. The topological polar surface area (TPSA) is 35.1 Å². The van der Waals surface area contributed by atoms with Gasteiger partial charge in [0, 0.05) is 24.4 Å². The zero-order valence-corrected chi connectivity index (χ0v) is 16.6. The van der Waals surface area contributed by atoms with Gasteiger partial charge in [-0.1, -0.05) is 11.6 Å². The maximum Gasteiger partial charge on any atom is 0.431 e. The van der Waals surface area contributed by atoms with Gasteiger partial charge in [0.05, 0.1) is 10.6 Å². The molecule has 2 heterocycles. The van der Waals surface area contributed by atoms with Crippen molar-refractivity contribution in [3.8, 4) is 11.1 Å². The standard InChI is InChI=1S/C19H16ClF4NO2S/c1-25-15(19(22,23)24)6-5-11(18(25)26)16-12-8-10(4-3-7-28-2)27-17(12)13(20)9-14(16)21/h5-6,8-9H,3-4,7H2,1-2H3. The first kappa shape index (κ1) is 20.8. The molecule has 0 fully saturated rings. The maximum atomic E-state index is 14.7. The Labute approximate surface area is 167 Å². The molecule has 28 heavy (non-hydrogen) atoms. The van der Waals surface area contributed by atoms with Crippen molar-refractivity contribution in [2.75, 3.05) is 12.0 Å². The summed E-state index contributed by atoms with van der Waals surface area (Å²) in [5, 5.41) is 0.303. The fourth-order valence-electron chi connectivity index (χ4n) is 3.08. The van der Waals surface area contributed by atoms with Crippen LogP contribution in [0.1, 0.15) is 17.9 Å². The van der Waals surface area contributed by atoms with E-state index in [4.69, 9.17) is 16.0 Å². The SMILES string of the molecule is CSCCCc1cc2c(-c3ccc(C(F)(F)F)n(C)c3=O)c(F)cc(Cl)c2o1. The first-order valence-electron chi connectivity index (χ1n) is 8.32. The highest BCUT2D eigenvalue weighted by molar-refractivity contribution is 7.98. The number of hydrogen-bond acceptors (Lipinski definition) is 3. The minimum atomic E-state index is -4.69. The second-order valence-electron chi connectivity index (χ2n) is 6.26. The number of alkyl halides is 3. The predicted octanol–water partition coefficient (Wildman–Crippen LogP) is 5.91. The lowest BCUT2D eigenvalue weighted by Crippen LogP contribution is -2.26. The number of benzene rings is 1. The summed E-state index contributed by atoms with van der Waals surface area (Å²) >= 11 is 7.76. The normalized spacial score (nSPS) is 12.1. The third-order valence-electron chi connectivity index (χ3n) is 4.40. The summed E-state index contributed by atoms with van der Waals surface area (Å²) in [5.41, 5.74) is -2.17. The number of nitrogens with zero attached hydrogens (tertiary/aromatic N) is 1. The quantitative estimate of drug-likeness (QED) is 0.371. The van der Waals surface area contributed by atoms with Crippen molar-refractivity contribution in [3.05, 3.63) is 56.9 Å². The Morgan fingerprint density at radius 1 is 1.25 bits per heavy atom. The van der Waals surface area contributed by atoms with Gasteiger partial charge in [-0.05, 0) is 42.7 Å². The molecule has 0 aliphatic heterocycles. The van der Waals surface area contributed by atoms with Crippen LogP contribution in [0.2, 0.25) is 5.02 Å². The van der Waals surface area contributed by atoms with Crippen LogP contribution < -0.4 is 5.56 Å². The molecule has 150 valence electrons. The van der Waals surface area contributed by atoms with Gasteiger partial charge in [-0.3, -0.25) is 4.79 Å². The summed E-state index contributed by atoms with van der Waals surface area (Å²) < 4.78 is 60.0. The van der Waals surface area contributed by atoms with E-state index in [1.807, 2.05) is 6.26 Å².